The monoisotopic (exact) mass is 560 g/mol. The Hall–Kier alpha value is -2.59. The van der Waals surface area contributed by atoms with Crippen LogP contribution in [0.1, 0.15) is 18.3 Å². The van der Waals surface area contributed by atoms with E-state index in [1.165, 1.54) is 11.3 Å². The second-order valence-corrected chi connectivity index (χ2v) is 7.86. The molecule has 2 aromatic carbocycles. The number of anilines is 1. The lowest BCUT2D eigenvalue weighted by atomic mass is 10.1. The maximum absolute atomic E-state index is 5.51. The first-order chi connectivity index (χ1) is 15.7. The Bertz CT molecular complexity index is 1020. The molecule has 0 bridgehead atoms. The number of nitrogens with zero attached hydrogens (tertiary/aromatic N) is 4. The van der Waals surface area contributed by atoms with Crippen molar-refractivity contribution >= 4 is 35.6 Å². The first kappa shape index (κ1) is 25.0. The summed E-state index contributed by atoms with van der Waals surface area (Å²) in [7, 11) is 2.04. The van der Waals surface area contributed by atoms with Crippen molar-refractivity contribution < 1.29 is 4.74 Å². The van der Waals surface area contributed by atoms with Gasteiger partial charge in [0.2, 0.25) is 0 Å². The Morgan fingerprint density at radius 1 is 1.12 bits per heavy atom. The van der Waals surface area contributed by atoms with Crippen LogP contribution in [-0.4, -0.2) is 60.7 Å². The summed E-state index contributed by atoms with van der Waals surface area (Å²) in [6, 6.07) is 18.8. The minimum absolute atomic E-state index is 0. The Morgan fingerprint density at radius 3 is 2.61 bits per heavy atom. The number of hydrogen-bond donors (Lipinski definition) is 2. The van der Waals surface area contributed by atoms with Crippen molar-refractivity contribution in [3.8, 4) is 11.3 Å². The Morgan fingerprint density at radius 2 is 1.85 bits per heavy atom. The van der Waals surface area contributed by atoms with Gasteiger partial charge in [-0.15, -0.1) is 24.0 Å². The second kappa shape index (κ2) is 12.6. The van der Waals surface area contributed by atoms with Gasteiger partial charge in [-0.2, -0.15) is 0 Å². The van der Waals surface area contributed by atoms with E-state index in [1.54, 1.807) is 0 Å². The highest BCUT2D eigenvalue weighted by Gasteiger charge is 2.15. The van der Waals surface area contributed by atoms with Gasteiger partial charge in [0.05, 0.1) is 38.2 Å². The number of morpholine rings is 1. The lowest BCUT2D eigenvalue weighted by Gasteiger charge is -2.30. The molecule has 2 heterocycles. The molecule has 1 aliphatic heterocycles. The summed E-state index contributed by atoms with van der Waals surface area (Å²) in [6.45, 7) is 7.55. The van der Waals surface area contributed by atoms with Gasteiger partial charge in [-0.05, 0) is 24.1 Å². The van der Waals surface area contributed by atoms with Crippen molar-refractivity contribution in [1.82, 2.24) is 20.2 Å². The molecular formula is C25H33IN6O. The average molecular weight is 560 g/mol. The Labute approximate surface area is 213 Å². The molecule has 0 spiro atoms. The van der Waals surface area contributed by atoms with Crippen LogP contribution < -0.4 is 10.2 Å². The van der Waals surface area contributed by atoms with Crippen LogP contribution in [0.4, 0.5) is 5.69 Å². The molecule has 2 N–H and O–H groups in total. The molecule has 3 aromatic rings. The van der Waals surface area contributed by atoms with Crippen molar-refractivity contribution in [2.45, 2.75) is 20.0 Å². The third-order valence-electron chi connectivity index (χ3n) is 5.54. The maximum atomic E-state index is 5.51. The van der Waals surface area contributed by atoms with E-state index in [1.807, 2.05) is 31.4 Å². The molecule has 0 radical (unpaired) electrons. The van der Waals surface area contributed by atoms with Gasteiger partial charge in [0.25, 0.3) is 0 Å². The summed E-state index contributed by atoms with van der Waals surface area (Å²) in [5, 5.41) is 3.41. The van der Waals surface area contributed by atoms with E-state index in [0.717, 1.165) is 55.9 Å². The summed E-state index contributed by atoms with van der Waals surface area (Å²) in [5.74, 6) is 1.77. The standard InChI is InChI=1S/C25H32N6O.HI/c1-3-26-25(28-17-21-11-7-8-12-23(21)31-13-15-32-16-14-31)30(2)19-24-27-18-22(29-24)20-9-5-4-6-10-20;/h4-12,18H,3,13-17,19H2,1-2H3,(H,26,28)(H,27,29);1H. The van der Waals surface area contributed by atoms with E-state index in [9.17, 15) is 0 Å². The van der Waals surface area contributed by atoms with Crippen LogP contribution in [0, 0.1) is 0 Å². The van der Waals surface area contributed by atoms with Gasteiger partial charge in [0.1, 0.15) is 5.82 Å². The van der Waals surface area contributed by atoms with Crippen LogP contribution in [0.2, 0.25) is 0 Å². The highest BCUT2D eigenvalue weighted by molar-refractivity contribution is 14.0. The Balaban J connectivity index is 0.00000306. The van der Waals surface area contributed by atoms with Gasteiger partial charge in [-0.25, -0.2) is 9.98 Å². The number of para-hydroxylation sites is 1. The predicted molar refractivity (Wildman–Crippen MR) is 145 cm³/mol. The number of hydrogen-bond acceptors (Lipinski definition) is 4. The first-order valence-corrected chi connectivity index (χ1v) is 11.2. The van der Waals surface area contributed by atoms with Crippen molar-refractivity contribution in [3.05, 3.63) is 72.2 Å². The maximum Gasteiger partial charge on any atom is 0.194 e. The van der Waals surface area contributed by atoms with E-state index in [0.29, 0.717) is 13.1 Å². The van der Waals surface area contributed by atoms with Crippen LogP contribution in [-0.2, 0) is 17.8 Å². The molecule has 0 atom stereocenters. The van der Waals surface area contributed by atoms with E-state index in [-0.39, 0.29) is 24.0 Å². The van der Waals surface area contributed by atoms with Gasteiger partial charge < -0.3 is 24.8 Å². The number of guanidine groups is 1. The van der Waals surface area contributed by atoms with E-state index < -0.39 is 0 Å². The normalized spacial score (nSPS) is 14.0. The smallest absolute Gasteiger partial charge is 0.194 e. The average Bonchev–Trinajstić information content (AvgIpc) is 3.31. The summed E-state index contributed by atoms with van der Waals surface area (Å²) in [4.78, 5) is 17.4. The van der Waals surface area contributed by atoms with Crippen LogP contribution in [0.25, 0.3) is 11.3 Å². The third kappa shape index (κ3) is 6.70. The van der Waals surface area contributed by atoms with Gasteiger partial charge >= 0.3 is 0 Å². The van der Waals surface area contributed by atoms with Crippen LogP contribution in [0.3, 0.4) is 0 Å². The molecule has 8 heteroatoms. The molecule has 0 amide bonds. The molecule has 4 rings (SSSR count). The zero-order valence-corrected chi connectivity index (χ0v) is 21.7. The van der Waals surface area contributed by atoms with Crippen molar-refractivity contribution in [2.75, 3.05) is 44.8 Å². The number of halogens is 1. The molecule has 7 nitrogen and oxygen atoms in total. The molecule has 176 valence electrons. The fourth-order valence-corrected chi connectivity index (χ4v) is 3.89. The van der Waals surface area contributed by atoms with E-state index in [4.69, 9.17) is 9.73 Å². The number of aromatic nitrogens is 2. The van der Waals surface area contributed by atoms with Crippen molar-refractivity contribution in [1.29, 1.82) is 0 Å². The zero-order valence-electron chi connectivity index (χ0n) is 19.3. The van der Waals surface area contributed by atoms with Gasteiger partial charge in [-0.3, -0.25) is 0 Å². The largest absolute Gasteiger partial charge is 0.378 e. The number of aliphatic imine (C=N–C) groups is 1. The van der Waals surface area contributed by atoms with Crippen molar-refractivity contribution in [3.63, 3.8) is 0 Å². The Kier molecular flexibility index (Phi) is 9.56. The van der Waals surface area contributed by atoms with Crippen molar-refractivity contribution in [2.24, 2.45) is 4.99 Å². The molecule has 1 aliphatic rings. The predicted octanol–water partition coefficient (Wildman–Crippen LogP) is 4.13. The number of H-pyrrole nitrogens is 1. The fourth-order valence-electron chi connectivity index (χ4n) is 3.89. The van der Waals surface area contributed by atoms with Crippen LogP contribution in [0.5, 0.6) is 0 Å². The lowest BCUT2D eigenvalue weighted by molar-refractivity contribution is 0.122. The number of aromatic amines is 1. The number of nitrogens with one attached hydrogen (secondary N) is 2. The van der Waals surface area contributed by atoms with Crippen LogP contribution in [0.15, 0.2) is 65.8 Å². The molecule has 1 aromatic heterocycles. The van der Waals surface area contributed by atoms with Gasteiger partial charge in [0.15, 0.2) is 5.96 Å². The molecule has 33 heavy (non-hydrogen) atoms. The summed E-state index contributed by atoms with van der Waals surface area (Å²) in [5.41, 5.74) is 4.63. The molecule has 0 aliphatic carbocycles. The van der Waals surface area contributed by atoms with E-state index in [2.05, 4.69) is 68.4 Å². The number of ether oxygens (including phenoxy) is 1. The SMILES string of the molecule is CCNC(=NCc1ccccc1N1CCOCC1)N(C)Cc1ncc(-c2ccccc2)[nH]1.I. The van der Waals surface area contributed by atoms with Gasteiger partial charge in [-0.1, -0.05) is 48.5 Å². The third-order valence-corrected chi connectivity index (χ3v) is 5.54. The summed E-state index contributed by atoms with van der Waals surface area (Å²) < 4.78 is 5.51. The lowest BCUT2D eigenvalue weighted by Crippen LogP contribution is -2.39. The number of rotatable bonds is 7. The first-order valence-electron chi connectivity index (χ1n) is 11.2. The fraction of sp³-hybridized carbons (Fsp3) is 0.360. The molecule has 1 fully saturated rings. The molecule has 1 saturated heterocycles. The zero-order chi connectivity index (χ0) is 22.2. The van der Waals surface area contributed by atoms with E-state index >= 15 is 0 Å². The quantitative estimate of drug-likeness (QED) is 0.259. The van der Waals surface area contributed by atoms with Crippen LogP contribution >= 0.6 is 24.0 Å². The minimum atomic E-state index is 0. The van der Waals surface area contributed by atoms with Gasteiger partial charge in [0, 0.05) is 32.4 Å². The second-order valence-electron chi connectivity index (χ2n) is 7.86. The molecule has 0 unspecified atom stereocenters. The molecule has 0 saturated carbocycles. The summed E-state index contributed by atoms with van der Waals surface area (Å²) >= 11 is 0. The summed E-state index contributed by atoms with van der Waals surface area (Å²) in [6.07, 6.45) is 1.89. The molecular weight excluding hydrogens is 527 g/mol. The highest BCUT2D eigenvalue weighted by atomic mass is 127. The number of imidazole rings is 1. The highest BCUT2D eigenvalue weighted by Crippen LogP contribution is 2.22. The minimum Gasteiger partial charge on any atom is -0.378 e. The number of benzene rings is 2. The topological polar surface area (TPSA) is 68.8 Å².